The fraction of sp³-hybridized carbons (Fsp3) is 0.462. The topological polar surface area (TPSA) is 68.3 Å². The molecule has 0 aliphatic carbocycles. The molecule has 0 fully saturated rings. The van der Waals surface area contributed by atoms with E-state index in [-0.39, 0.29) is 24.7 Å². The highest BCUT2D eigenvalue weighted by atomic mass is 19.4. The minimum absolute atomic E-state index is 0.0296. The predicted octanol–water partition coefficient (Wildman–Crippen LogP) is 6.72. The van der Waals surface area contributed by atoms with Gasteiger partial charge < -0.3 is 14.2 Å². The smallest absolute Gasteiger partial charge is 0.416 e. The molecule has 2 aliphatic heterocycles. The molecule has 2 atom stereocenters. The molecule has 0 spiro atoms. The second-order valence-corrected chi connectivity index (χ2v) is 9.30. The zero-order valence-electron chi connectivity index (χ0n) is 21.3. The van der Waals surface area contributed by atoms with Crippen molar-refractivity contribution in [1.29, 1.82) is 0 Å². The molecule has 7 nitrogen and oxygen atoms in total. The number of anilines is 1. The summed E-state index contributed by atoms with van der Waals surface area (Å²) in [5.74, 6) is 0.514. The molecular formula is C26H26F6N2O5. The van der Waals surface area contributed by atoms with E-state index in [2.05, 4.69) is 0 Å². The zero-order chi connectivity index (χ0) is 28.7. The number of halogens is 6. The standard InChI is InChI=1S/C26H26F6N2O5/c1-4-38-24(36)34-14(2)7-20(19-12-22-16(5-6-39-22)10-21(19)34)33(23(35)37-3)13-15-8-17(25(27,28)29)11-18(9-15)26(30,31)32/h8-12,14,20H,4-7,13H2,1-3H3. The first-order valence-electron chi connectivity index (χ1n) is 12.1. The Kier molecular flexibility index (Phi) is 7.63. The normalized spacial score (nSPS) is 18.6. The number of carbonyl (C=O) groups is 2. The van der Waals surface area contributed by atoms with Gasteiger partial charge in [-0.1, -0.05) is 0 Å². The molecular weight excluding hydrogens is 534 g/mol. The summed E-state index contributed by atoms with van der Waals surface area (Å²) in [5.41, 5.74) is -1.72. The van der Waals surface area contributed by atoms with E-state index in [1.165, 1.54) is 4.90 Å². The van der Waals surface area contributed by atoms with E-state index in [0.717, 1.165) is 17.6 Å². The van der Waals surface area contributed by atoms with Gasteiger partial charge in [-0.05, 0) is 61.7 Å². The molecule has 212 valence electrons. The highest BCUT2D eigenvalue weighted by Gasteiger charge is 2.42. The van der Waals surface area contributed by atoms with Gasteiger partial charge in [0, 0.05) is 24.6 Å². The molecule has 2 unspecified atom stereocenters. The van der Waals surface area contributed by atoms with Gasteiger partial charge in [0.05, 0.1) is 43.2 Å². The summed E-state index contributed by atoms with van der Waals surface area (Å²) in [5, 5.41) is 0. The Balaban J connectivity index is 1.83. The first-order valence-corrected chi connectivity index (χ1v) is 12.1. The van der Waals surface area contributed by atoms with Crippen LogP contribution in [0.25, 0.3) is 0 Å². The van der Waals surface area contributed by atoms with Gasteiger partial charge in [-0.2, -0.15) is 26.3 Å². The van der Waals surface area contributed by atoms with Crippen molar-refractivity contribution in [3.8, 4) is 5.75 Å². The van der Waals surface area contributed by atoms with Crippen LogP contribution in [0.5, 0.6) is 5.75 Å². The quantitative estimate of drug-likeness (QED) is 0.388. The molecule has 0 bridgehead atoms. The Morgan fingerprint density at radius 1 is 1.05 bits per heavy atom. The number of hydrogen-bond donors (Lipinski definition) is 0. The van der Waals surface area contributed by atoms with Crippen molar-refractivity contribution in [3.05, 3.63) is 58.1 Å². The van der Waals surface area contributed by atoms with Crippen LogP contribution in [0.3, 0.4) is 0 Å². The second-order valence-electron chi connectivity index (χ2n) is 9.30. The molecule has 0 saturated carbocycles. The Hall–Kier alpha value is -3.64. The maximum absolute atomic E-state index is 13.5. The van der Waals surface area contributed by atoms with Gasteiger partial charge in [-0.3, -0.25) is 9.80 Å². The summed E-state index contributed by atoms with van der Waals surface area (Å²) in [6, 6.07) is 3.15. The number of rotatable bonds is 4. The molecule has 4 rings (SSSR count). The Morgan fingerprint density at radius 2 is 1.69 bits per heavy atom. The molecule has 2 aromatic rings. The van der Waals surface area contributed by atoms with Gasteiger partial charge in [0.1, 0.15) is 5.75 Å². The average Bonchev–Trinajstić information content (AvgIpc) is 3.31. The molecule has 13 heteroatoms. The summed E-state index contributed by atoms with van der Waals surface area (Å²) < 4.78 is 96.6. The van der Waals surface area contributed by atoms with Gasteiger partial charge in [0.2, 0.25) is 0 Å². The van der Waals surface area contributed by atoms with E-state index < -0.39 is 54.3 Å². The number of hydrogen-bond acceptors (Lipinski definition) is 5. The lowest BCUT2D eigenvalue weighted by Crippen LogP contribution is -2.47. The van der Waals surface area contributed by atoms with E-state index in [1.807, 2.05) is 0 Å². The molecule has 2 amide bonds. The van der Waals surface area contributed by atoms with Gasteiger partial charge in [0.25, 0.3) is 0 Å². The number of ether oxygens (including phenoxy) is 3. The highest BCUT2D eigenvalue weighted by Crippen LogP contribution is 2.46. The van der Waals surface area contributed by atoms with Crippen molar-refractivity contribution in [2.45, 2.75) is 57.7 Å². The number of alkyl halides is 6. The number of benzene rings is 2. The van der Waals surface area contributed by atoms with Crippen molar-refractivity contribution in [1.82, 2.24) is 4.90 Å². The molecule has 0 N–H and O–H groups in total. The van der Waals surface area contributed by atoms with E-state index in [4.69, 9.17) is 14.2 Å². The van der Waals surface area contributed by atoms with Gasteiger partial charge in [0.15, 0.2) is 0 Å². The average molecular weight is 560 g/mol. The fourth-order valence-electron chi connectivity index (χ4n) is 4.99. The van der Waals surface area contributed by atoms with E-state index in [9.17, 15) is 35.9 Å². The Bertz CT molecular complexity index is 1230. The summed E-state index contributed by atoms with van der Waals surface area (Å²) in [4.78, 5) is 28.3. The third-order valence-electron chi connectivity index (χ3n) is 6.71. The number of nitrogens with zero attached hydrogens (tertiary/aromatic N) is 2. The fourth-order valence-corrected chi connectivity index (χ4v) is 4.99. The van der Waals surface area contributed by atoms with Crippen LogP contribution in [-0.2, 0) is 34.8 Å². The van der Waals surface area contributed by atoms with E-state index in [0.29, 0.717) is 42.2 Å². The first kappa shape index (κ1) is 28.4. The Morgan fingerprint density at radius 3 is 2.26 bits per heavy atom. The highest BCUT2D eigenvalue weighted by molar-refractivity contribution is 5.91. The molecule has 0 aromatic heterocycles. The third kappa shape index (κ3) is 5.71. The minimum Gasteiger partial charge on any atom is -0.493 e. The minimum atomic E-state index is -5.05. The first-order chi connectivity index (χ1) is 18.2. The third-order valence-corrected chi connectivity index (χ3v) is 6.71. The van der Waals surface area contributed by atoms with Crippen LogP contribution >= 0.6 is 0 Å². The maximum Gasteiger partial charge on any atom is 0.416 e. The summed E-state index contributed by atoms with van der Waals surface area (Å²) >= 11 is 0. The SMILES string of the molecule is CCOC(=O)N1c2cc3c(cc2C(N(Cc2cc(C(F)(F)F)cc(C(F)(F)F)c2)C(=O)OC)CC1C)OCC3. The summed E-state index contributed by atoms with van der Waals surface area (Å²) in [7, 11) is 1.06. The number of fused-ring (bicyclic) bond motifs is 2. The van der Waals surface area contributed by atoms with Crippen molar-refractivity contribution < 1.29 is 50.1 Å². The van der Waals surface area contributed by atoms with E-state index >= 15 is 0 Å². The van der Waals surface area contributed by atoms with Crippen LogP contribution < -0.4 is 9.64 Å². The van der Waals surface area contributed by atoms with Crippen LogP contribution in [0.15, 0.2) is 30.3 Å². The number of amides is 2. The molecule has 2 heterocycles. The van der Waals surface area contributed by atoms with Gasteiger partial charge in [-0.25, -0.2) is 9.59 Å². The summed E-state index contributed by atoms with van der Waals surface area (Å²) in [6.07, 6.45) is -11.0. The monoisotopic (exact) mass is 560 g/mol. The lowest BCUT2D eigenvalue weighted by molar-refractivity contribution is -0.143. The van der Waals surface area contributed by atoms with Crippen LogP contribution in [0.1, 0.15) is 54.1 Å². The van der Waals surface area contributed by atoms with Gasteiger partial charge >= 0.3 is 24.5 Å². The molecule has 0 radical (unpaired) electrons. The van der Waals surface area contributed by atoms with Crippen molar-refractivity contribution in [3.63, 3.8) is 0 Å². The molecule has 0 saturated heterocycles. The number of methoxy groups -OCH3 is 1. The zero-order valence-corrected chi connectivity index (χ0v) is 21.3. The lowest BCUT2D eigenvalue weighted by atomic mass is 9.89. The van der Waals surface area contributed by atoms with Gasteiger partial charge in [-0.15, -0.1) is 0 Å². The largest absolute Gasteiger partial charge is 0.493 e. The van der Waals surface area contributed by atoms with Crippen LogP contribution in [0, 0.1) is 0 Å². The van der Waals surface area contributed by atoms with Crippen molar-refractivity contribution in [2.24, 2.45) is 0 Å². The maximum atomic E-state index is 13.5. The van der Waals surface area contributed by atoms with Crippen LogP contribution in [0.4, 0.5) is 41.6 Å². The van der Waals surface area contributed by atoms with Crippen LogP contribution in [-0.4, -0.2) is 43.5 Å². The van der Waals surface area contributed by atoms with Crippen LogP contribution in [0.2, 0.25) is 0 Å². The second kappa shape index (κ2) is 10.5. The van der Waals surface area contributed by atoms with E-state index in [1.54, 1.807) is 26.0 Å². The molecule has 2 aromatic carbocycles. The molecule has 39 heavy (non-hydrogen) atoms. The predicted molar refractivity (Wildman–Crippen MR) is 126 cm³/mol. The lowest BCUT2D eigenvalue weighted by Gasteiger charge is -2.42. The summed E-state index contributed by atoms with van der Waals surface area (Å²) in [6.45, 7) is 3.24. The number of carbonyl (C=O) groups excluding carboxylic acids is 2. The van der Waals surface area contributed by atoms with Crippen molar-refractivity contribution >= 4 is 17.9 Å². The van der Waals surface area contributed by atoms with Crippen molar-refractivity contribution in [2.75, 3.05) is 25.2 Å². The Labute approximate surface area is 220 Å². The molecule has 2 aliphatic rings.